The highest BCUT2D eigenvalue weighted by molar-refractivity contribution is 6.32. The highest BCUT2D eigenvalue weighted by atomic mass is 35.5. The molecule has 0 radical (unpaired) electrons. The Morgan fingerprint density at radius 1 is 1.43 bits per heavy atom. The number of hydrogen-bond acceptors (Lipinski definition) is 2. The average Bonchev–Trinajstić information content (AvgIpc) is 2.45. The summed E-state index contributed by atoms with van der Waals surface area (Å²) in [6.45, 7) is 0. The van der Waals surface area contributed by atoms with E-state index in [-0.39, 0.29) is 6.42 Å². The van der Waals surface area contributed by atoms with E-state index in [0.29, 0.717) is 15.8 Å². The smallest absolute Gasteiger partial charge is 0.201 e. The molecule has 0 spiro atoms. The van der Waals surface area contributed by atoms with Gasteiger partial charge in [-0.15, -0.1) is 0 Å². The molecule has 1 heterocycles. The van der Waals surface area contributed by atoms with Crippen molar-refractivity contribution in [3.8, 4) is 6.07 Å². The van der Waals surface area contributed by atoms with Crippen LogP contribution in [0.2, 0.25) is 10.3 Å². The van der Waals surface area contributed by atoms with Crippen LogP contribution in [0, 0.1) is 11.3 Å². The van der Waals surface area contributed by atoms with E-state index in [1.165, 1.54) is 0 Å². The molecule has 0 aliphatic rings. The first-order valence-electron chi connectivity index (χ1n) is 3.91. The fourth-order valence-electron chi connectivity index (χ4n) is 1.34. The standard InChI is InChI=1S/C9H5Cl2N3/c10-6-3-5(1-2-12)8-7(4-6)13-9(11)14-8/h3-4H,1H2,(H,13,14). The van der Waals surface area contributed by atoms with Crippen molar-refractivity contribution in [2.45, 2.75) is 6.42 Å². The van der Waals surface area contributed by atoms with Crippen molar-refractivity contribution in [2.24, 2.45) is 0 Å². The van der Waals surface area contributed by atoms with E-state index in [4.69, 9.17) is 28.5 Å². The Bertz CT molecular complexity index is 525. The van der Waals surface area contributed by atoms with Crippen molar-refractivity contribution in [1.82, 2.24) is 9.97 Å². The van der Waals surface area contributed by atoms with Crippen molar-refractivity contribution >= 4 is 34.2 Å². The second kappa shape index (κ2) is 3.49. The summed E-state index contributed by atoms with van der Waals surface area (Å²) in [4.78, 5) is 6.93. The van der Waals surface area contributed by atoms with Crippen LogP contribution in [0.4, 0.5) is 0 Å². The average molecular weight is 226 g/mol. The lowest BCUT2D eigenvalue weighted by atomic mass is 10.1. The minimum atomic E-state index is 0.276. The number of imidazole rings is 1. The Labute approximate surface area is 90.3 Å². The normalized spacial score (nSPS) is 10.4. The van der Waals surface area contributed by atoms with Crippen molar-refractivity contribution in [3.05, 3.63) is 28.0 Å². The summed E-state index contributed by atoms with van der Waals surface area (Å²) in [5.41, 5.74) is 2.26. The van der Waals surface area contributed by atoms with E-state index < -0.39 is 0 Å². The van der Waals surface area contributed by atoms with Gasteiger partial charge in [0.15, 0.2) is 0 Å². The molecule has 1 aromatic heterocycles. The third-order valence-electron chi connectivity index (χ3n) is 1.87. The molecule has 0 unspecified atom stereocenters. The first-order valence-corrected chi connectivity index (χ1v) is 4.67. The van der Waals surface area contributed by atoms with Gasteiger partial charge in [0.1, 0.15) is 0 Å². The molecule has 0 bridgehead atoms. The number of halogens is 2. The lowest BCUT2D eigenvalue weighted by Gasteiger charge is -1.97. The van der Waals surface area contributed by atoms with Crippen molar-refractivity contribution < 1.29 is 0 Å². The minimum absolute atomic E-state index is 0.276. The van der Waals surface area contributed by atoms with Crippen LogP contribution in [-0.2, 0) is 6.42 Å². The second-order valence-electron chi connectivity index (χ2n) is 2.82. The molecule has 0 aliphatic heterocycles. The van der Waals surface area contributed by atoms with E-state index in [1.807, 2.05) is 0 Å². The van der Waals surface area contributed by atoms with Crippen LogP contribution in [0.15, 0.2) is 12.1 Å². The first kappa shape index (κ1) is 9.32. The van der Waals surface area contributed by atoms with E-state index in [2.05, 4.69) is 16.0 Å². The van der Waals surface area contributed by atoms with E-state index in [9.17, 15) is 0 Å². The van der Waals surface area contributed by atoms with Crippen LogP contribution in [0.25, 0.3) is 11.0 Å². The highest BCUT2D eigenvalue weighted by Crippen LogP contribution is 2.23. The van der Waals surface area contributed by atoms with Gasteiger partial charge in [-0.2, -0.15) is 5.26 Å². The molecular weight excluding hydrogens is 221 g/mol. The SMILES string of the molecule is N#CCc1cc(Cl)cc2[nH]c(Cl)nc12. The molecule has 5 heteroatoms. The summed E-state index contributed by atoms with van der Waals surface area (Å²) in [6, 6.07) is 5.52. The van der Waals surface area contributed by atoms with Gasteiger partial charge >= 0.3 is 0 Å². The van der Waals surface area contributed by atoms with E-state index >= 15 is 0 Å². The van der Waals surface area contributed by atoms with Crippen LogP contribution < -0.4 is 0 Å². The van der Waals surface area contributed by atoms with Crippen LogP contribution in [0.5, 0.6) is 0 Å². The Morgan fingerprint density at radius 2 is 2.21 bits per heavy atom. The summed E-state index contributed by atoms with van der Waals surface area (Å²) in [7, 11) is 0. The summed E-state index contributed by atoms with van der Waals surface area (Å²) in [5.74, 6) is 0. The predicted octanol–water partition coefficient (Wildman–Crippen LogP) is 2.94. The van der Waals surface area contributed by atoms with Crippen LogP contribution in [0.1, 0.15) is 5.56 Å². The maximum atomic E-state index is 8.61. The molecule has 0 saturated carbocycles. The molecule has 1 N–H and O–H groups in total. The van der Waals surface area contributed by atoms with Gasteiger partial charge < -0.3 is 4.98 Å². The zero-order valence-electron chi connectivity index (χ0n) is 7.01. The Morgan fingerprint density at radius 3 is 2.93 bits per heavy atom. The number of nitrogens with zero attached hydrogens (tertiary/aromatic N) is 2. The quantitative estimate of drug-likeness (QED) is 0.812. The largest absolute Gasteiger partial charge is 0.329 e. The van der Waals surface area contributed by atoms with Gasteiger partial charge in [0.25, 0.3) is 0 Å². The fourth-order valence-corrected chi connectivity index (χ4v) is 1.77. The molecule has 0 amide bonds. The van der Waals surface area contributed by atoms with E-state index in [0.717, 1.165) is 11.1 Å². The molecule has 0 saturated heterocycles. The van der Waals surface area contributed by atoms with Gasteiger partial charge in [0.2, 0.25) is 5.28 Å². The minimum Gasteiger partial charge on any atom is -0.329 e. The Hall–Kier alpha value is -1.24. The van der Waals surface area contributed by atoms with Gasteiger partial charge in [-0.3, -0.25) is 0 Å². The second-order valence-corrected chi connectivity index (χ2v) is 3.62. The summed E-state index contributed by atoms with van der Waals surface area (Å²) in [5, 5.41) is 9.49. The highest BCUT2D eigenvalue weighted by Gasteiger charge is 2.07. The number of hydrogen-bond donors (Lipinski definition) is 1. The van der Waals surface area contributed by atoms with Crippen molar-refractivity contribution in [1.29, 1.82) is 5.26 Å². The molecule has 0 fully saturated rings. The predicted molar refractivity (Wildman–Crippen MR) is 55.4 cm³/mol. The maximum Gasteiger partial charge on any atom is 0.201 e. The molecule has 3 nitrogen and oxygen atoms in total. The number of H-pyrrole nitrogens is 1. The zero-order valence-corrected chi connectivity index (χ0v) is 8.52. The van der Waals surface area contributed by atoms with Gasteiger partial charge in [-0.1, -0.05) is 11.6 Å². The van der Waals surface area contributed by atoms with Crippen LogP contribution in [0.3, 0.4) is 0 Å². The van der Waals surface area contributed by atoms with E-state index in [1.54, 1.807) is 12.1 Å². The van der Waals surface area contributed by atoms with Gasteiger partial charge in [0.05, 0.1) is 23.5 Å². The molecule has 14 heavy (non-hydrogen) atoms. The fraction of sp³-hybridized carbons (Fsp3) is 0.111. The first-order chi connectivity index (χ1) is 6.70. The van der Waals surface area contributed by atoms with Gasteiger partial charge in [0, 0.05) is 5.02 Å². The summed E-state index contributed by atoms with van der Waals surface area (Å²) in [6.07, 6.45) is 0.276. The van der Waals surface area contributed by atoms with Gasteiger partial charge in [-0.25, -0.2) is 4.98 Å². The van der Waals surface area contributed by atoms with Gasteiger partial charge in [-0.05, 0) is 29.3 Å². The Balaban J connectivity index is 2.74. The number of rotatable bonds is 1. The lowest BCUT2D eigenvalue weighted by molar-refractivity contribution is 1.26. The van der Waals surface area contributed by atoms with Crippen molar-refractivity contribution in [3.63, 3.8) is 0 Å². The molecular formula is C9H5Cl2N3. The number of aromatic nitrogens is 2. The molecule has 0 atom stereocenters. The number of aromatic amines is 1. The molecule has 2 aromatic rings. The van der Waals surface area contributed by atoms with Crippen LogP contribution >= 0.6 is 23.2 Å². The number of fused-ring (bicyclic) bond motifs is 1. The molecule has 1 aromatic carbocycles. The summed E-state index contributed by atoms with van der Waals surface area (Å²) < 4.78 is 0. The monoisotopic (exact) mass is 225 g/mol. The molecule has 0 aliphatic carbocycles. The molecule has 2 rings (SSSR count). The Kier molecular flexibility index (Phi) is 2.32. The third kappa shape index (κ3) is 1.54. The molecule has 70 valence electrons. The number of nitrogens with one attached hydrogen (secondary N) is 1. The van der Waals surface area contributed by atoms with Crippen LogP contribution in [-0.4, -0.2) is 9.97 Å². The zero-order chi connectivity index (χ0) is 10.1. The number of nitriles is 1. The van der Waals surface area contributed by atoms with Crippen molar-refractivity contribution in [2.75, 3.05) is 0 Å². The third-order valence-corrected chi connectivity index (χ3v) is 2.27. The lowest BCUT2D eigenvalue weighted by Crippen LogP contribution is -1.84. The summed E-state index contributed by atoms with van der Waals surface area (Å²) >= 11 is 11.6. The topological polar surface area (TPSA) is 52.5 Å². The maximum absolute atomic E-state index is 8.61. The number of benzene rings is 1.